The normalized spacial score (nSPS) is 19.5. The van der Waals surface area contributed by atoms with Crippen molar-refractivity contribution in [2.24, 2.45) is 17.1 Å². The summed E-state index contributed by atoms with van der Waals surface area (Å²) in [6, 6.07) is 6.64. The minimum atomic E-state index is 0.172. The van der Waals surface area contributed by atoms with Crippen LogP contribution >= 0.6 is 27.3 Å². The first kappa shape index (κ1) is 15.5. The van der Waals surface area contributed by atoms with Crippen molar-refractivity contribution in [3.8, 4) is 0 Å². The summed E-state index contributed by atoms with van der Waals surface area (Å²) >= 11 is 5.48. The summed E-state index contributed by atoms with van der Waals surface area (Å²) in [5.41, 5.74) is 8.51. The lowest BCUT2D eigenvalue weighted by atomic mass is 9.71. The Bertz CT molecular complexity index is 625. The number of nitrogens with two attached hydrogens (primary N) is 1. The lowest BCUT2D eigenvalue weighted by Crippen LogP contribution is -2.33. The Morgan fingerprint density at radius 1 is 1.29 bits per heavy atom. The van der Waals surface area contributed by atoms with Gasteiger partial charge in [-0.1, -0.05) is 38.8 Å². The third kappa shape index (κ3) is 2.80. The third-order valence-corrected chi connectivity index (χ3v) is 6.96. The van der Waals surface area contributed by atoms with Gasteiger partial charge >= 0.3 is 0 Å². The molecule has 2 N–H and O–H groups in total. The molecule has 3 rings (SSSR count). The largest absolute Gasteiger partial charge is 0.323 e. The Morgan fingerprint density at radius 2 is 2.00 bits per heavy atom. The zero-order valence-corrected chi connectivity index (χ0v) is 15.3. The molecule has 0 amide bonds. The van der Waals surface area contributed by atoms with Crippen molar-refractivity contribution in [2.75, 3.05) is 0 Å². The molecule has 1 unspecified atom stereocenters. The number of thiophene rings is 1. The van der Waals surface area contributed by atoms with Crippen LogP contribution in [0.25, 0.3) is 10.1 Å². The fourth-order valence-electron chi connectivity index (χ4n) is 4.15. The highest BCUT2D eigenvalue weighted by atomic mass is 79.9. The van der Waals surface area contributed by atoms with Gasteiger partial charge in [-0.15, -0.1) is 11.3 Å². The van der Waals surface area contributed by atoms with E-state index in [0.717, 1.165) is 0 Å². The summed E-state index contributed by atoms with van der Waals surface area (Å²) in [5, 5.41) is 3.64. The summed E-state index contributed by atoms with van der Waals surface area (Å²) in [4.78, 5) is 0. The molecular weight excluding hydrogens is 342 g/mol. The summed E-state index contributed by atoms with van der Waals surface area (Å²) in [6.45, 7) is 4.66. The first-order chi connectivity index (χ1) is 10.0. The molecule has 1 heterocycles. The second-order valence-electron chi connectivity index (χ2n) is 6.95. The second-order valence-corrected chi connectivity index (χ2v) is 8.69. The van der Waals surface area contributed by atoms with Gasteiger partial charge in [0.15, 0.2) is 0 Å². The predicted molar refractivity (Wildman–Crippen MR) is 96.8 cm³/mol. The Morgan fingerprint density at radius 3 is 2.67 bits per heavy atom. The lowest BCUT2D eigenvalue weighted by molar-refractivity contribution is 0.184. The Kier molecular flexibility index (Phi) is 4.45. The van der Waals surface area contributed by atoms with Gasteiger partial charge in [0.2, 0.25) is 0 Å². The van der Waals surface area contributed by atoms with Crippen molar-refractivity contribution in [1.29, 1.82) is 0 Å². The first-order valence-electron chi connectivity index (χ1n) is 7.95. The molecule has 1 nitrogen and oxygen atoms in total. The molecule has 1 aromatic heterocycles. The molecule has 1 aliphatic rings. The molecule has 1 aliphatic carbocycles. The minimum absolute atomic E-state index is 0.172. The first-order valence-corrected chi connectivity index (χ1v) is 9.62. The molecule has 2 aromatic rings. The molecule has 0 bridgehead atoms. The van der Waals surface area contributed by atoms with Crippen LogP contribution in [0.1, 0.15) is 57.6 Å². The van der Waals surface area contributed by atoms with Crippen LogP contribution in [0, 0.1) is 11.3 Å². The third-order valence-electron chi connectivity index (χ3n) is 4.99. The summed E-state index contributed by atoms with van der Waals surface area (Å²) < 4.78 is 2.52. The number of hydrogen-bond donors (Lipinski definition) is 1. The topological polar surface area (TPSA) is 26.0 Å². The number of benzene rings is 1. The van der Waals surface area contributed by atoms with Crippen LogP contribution in [0.3, 0.4) is 0 Å². The van der Waals surface area contributed by atoms with Gasteiger partial charge in [-0.3, -0.25) is 0 Å². The fraction of sp³-hybridized carbons (Fsp3) is 0.556. The molecule has 21 heavy (non-hydrogen) atoms. The maximum atomic E-state index is 6.84. The molecule has 0 aliphatic heterocycles. The van der Waals surface area contributed by atoms with Gasteiger partial charge in [0.1, 0.15) is 0 Å². The van der Waals surface area contributed by atoms with Gasteiger partial charge < -0.3 is 5.73 Å². The Labute approximate surface area is 140 Å². The standard InChI is InChI=1S/C18H24BrNS/c1-12(2)10-18(8-3-4-9-18)17(20)14-11-21-16-13(14)6-5-7-15(16)19/h5-7,11-12,17H,3-4,8-10,20H2,1-2H3. The molecule has 3 heteroatoms. The summed E-state index contributed by atoms with van der Waals surface area (Å²) in [5.74, 6) is 0.714. The van der Waals surface area contributed by atoms with E-state index >= 15 is 0 Å². The van der Waals surface area contributed by atoms with E-state index in [1.807, 2.05) is 11.3 Å². The maximum Gasteiger partial charge on any atom is 0.0488 e. The van der Waals surface area contributed by atoms with Crippen LogP contribution in [0.4, 0.5) is 0 Å². The van der Waals surface area contributed by atoms with E-state index in [-0.39, 0.29) is 6.04 Å². The molecule has 1 aromatic carbocycles. The van der Waals surface area contributed by atoms with E-state index in [1.54, 1.807) is 0 Å². The van der Waals surface area contributed by atoms with E-state index in [2.05, 4.69) is 53.4 Å². The minimum Gasteiger partial charge on any atom is -0.323 e. The van der Waals surface area contributed by atoms with E-state index < -0.39 is 0 Å². The van der Waals surface area contributed by atoms with Crippen molar-refractivity contribution in [1.82, 2.24) is 0 Å². The molecule has 1 saturated carbocycles. The zero-order valence-electron chi connectivity index (χ0n) is 12.9. The van der Waals surface area contributed by atoms with Crippen molar-refractivity contribution in [3.63, 3.8) is 0 Å². The van der Waals surface area contributed by atoms with Crippen molar-refractivity contribution in [3.05, 3.63) is 33.6 Å². The molecule has 1 fully saturated rings. The Balaban J connectivity index is 2.02. The molecule has 1 atom stereocenters. The van der Waals surface area contributed by atoms with E-state index in [9.17, 15) is 0 Å². The van der Waals surface area contributed by atoms with E-state index in [4.69, 9.17) is 5.73 Å². The predicted octanol–water partition coefficient (Wildman–Crippen LogP) is 6.27. The maximum absolute atomic E-state index is 6.84. The fourth-order valence-corrected chi connectivity index (χ4v) is 5.81. The van der Waals surface area contributed by atoms with Gasteiger partial charge in [-0.05, 0) is 68.9 Å². The van der Waals surface area contributed by atoms with Crippen LogP contribution in [-0.4, -0.2) is 0 Å². The number of halogens is 1. The van der Waals surface area contributed by atoms with Crippen LogP contribution in [0.5, 0.6) is 0 Å². The highest BCUT2D eigenvalue weighted by molar-refractivity contribution is 9.10. The molecule has 0 radical (unpaired) electrons. The van der Waals surface area contributed by atoms with Crippen LogP contribution < -0.4 is 5.73 Å². The monoisotopic (exact) mass is 365 g/mol. The van der Waals surface area contributed by atoms with E-state index in [1.165, 1.54) is 52.2 Å². The zero-order chi connectivity index (χ0) is 15.0. The van der Waals surface area contributed by atoms with Crippen molar-refractivity contribution < 1.29 is 0 Å². The van der Waals surface area contributed by atoms with Gasteiger partial charge in [0, 0.05) is 15.2 Å². The lowest BCUT2D eigenvalue weighted by Gasteiger charge is -2.37. The van der Waals surface area contributed by atoms with Crippen molar-refractivity contribution in [2.45, 2.75) is 52.0 Å². The quantitative estimate of drug-likeness (QED) is 0.678. The van der Waals surface area contributed by atoms with Gasteiger partial charge in [-0.2, -0.15) is 0 Å². The SMILES string of the molecule is CC(C)CC1(C(N)c2csc3c(Br)cccc23)CCCC1. The van der Waals surface area contributed by atoms with Crippen LogP contribution in [-0.2, 0) is 0 Å². The summed E-state index contributed by atoms with van der Waals surface area (Å²) in [6.07, 6.45) is 6.51. The van der Waals surface area contributed by atoms with Gasteiger partial charge in [0.05, 0.1) is 0 Å². The van der Waals surface area contributed by atoms with E-state index in [0.29, 0.717) is 11.3 Å². The molecule has 0 saturated heterocycles. The van der Waals surface area contributed by atoms with Gasteiger partial charge in [-0.25, -0.2) is 0 Å². The summed E-state index contributed by atoms with van der Waals surface area (Å²) in [7, 11) is 0. The number of fused-ring (bicyclic) bond motifs is 1. The van der Waals surface area contributed by atoms with Gasteiger partial charge in [0.25, 0.3) is 0 Å². The van der Waals surface area contributed by atoms with Crippen LogP contribution in [0.2, 0.25) is 0 Å². The average Bonchev–Trinajstić information content (AvgIpc) is 3.05. The molecule has 0 spiro atoms. The second kappa shape index (κ2) is 6.02. The highest BCUT2D eigenvalue weighted by Gasteiger charge is 2.41. The van der Waals surface area contributed by atoms with Crippen molar-refractivity contribution >= 4 is 37.4 Å². The highest BCUT2D eigenvalue weighted by Crippen LogP contribution is 2.52. The number of hydrogen-bond acceptors (Lipinski definition) is 2. The Hall–Kier alpha value is -0.380. The average molecular weight is 366 g/mol. The van der Waals surface area contributed by atoms with Crippen LogP contribution in [0.15, 0.2) is 28.1 Å². The molecular formula is C18H24BrNS. The smallest absolute Gasteiger partial charge is 0.0488 e. The number of rotatable bonds is 4. The molecule has 114 valence electrons.